The van der Waals surface area contributed by atoms with Crippen molar-refractivity contribution in [1.82, 2.24) is 4.98 Å². The van der Waals surface area contributed by atoms with Crippen LogP contribution < -0.4 is 16.1 Å². The van der Waals surface area contributed by atoms with Crippen LogP contribution in [-0.4, -0.2) is 12.1 Å². The number of fused-ring (bicyclic) bond motifs is 1. The molecule has 1 aromatic heterocycles. The smallest absolute Gasteiger partial charge is 0.256 e. The minimum atomic E-state index is -0.104. The second kappa shape index (κ2) is 4.92. The van der Waals surface area contributed by atoms with Crippen molar-refractivity contribution in [2.75, 3.05) is 7.11 Å². The fraction of sp³-hybridized carbons (Fsp3) is 0.133. The van der Waals surface area contributed by atoms with Crippen LogP contribution in [0.4, 0.5) is 0 Å². The van der Waals surface area contributed by atoms with E-state index in [-0.39, 0.29) is 5.56 Å². The van der Waals surface area contributed by atoms with E-state index in [9.17, 15) is 4.79 Å². The molecule has 2 rings (SSSR count). The van der Waals surface area contributed by atoms with E-state index in [0.717, 1.165) is 16.4 Å². The van der Waals surface area contributed by atoms with Gasteiger partial charge in [-0.2, -0.15) is 0 Å². The highest BCUT2D eigenvalue weighted by Gasteiger charge is 1.98. The molecule has 1 aromatic carbocycles. The van der Waals surface area contributed by atoms with E-state index in [1.165, 1.54) is 0 Å². The highest BCUT2D eigenvalue weighted by atomic mass is 16.5. The summed E-state index contributed by atoms with van der Waals surface area (Å²) in [5.41, 5.74) is -0.104. The van der Waals surface area contributed by atoms with Crippen molar-refractivity contribution in [1.29, 1.82) is 0 Å². The first kappa shape index (κ1) is 12.2. The molecule has 1 heterocycles. The summed E-state index contributed by atoms with van der Waals surface area (Å²) in [6.07, 6.45) is 3.60. The average molecular weight is 241 g/mol. The molecule has 0 saturated carbocycles. The molecule has 0 bridgehead atoms. The van der Waals surface area contributed by atoms with Gasteiger partial charge in [-0.05, 0) is 35.7 Å². The quantitative estimate of drug-likeness (QED) is 0.804. The fourth-order valence-electron chi connectivity index (χ4n) is 1.77. The van der Waals surface area contributed by atoms with Gasteiger partial charge in [0.25, 0.3) is 5.56 Å². The first-order chi connectivity index (χ1) is 8.63. The molecule has 0 spiro atoms. The van der Waals surface area contributed by atoms with Crippen molar-refractivity contribution in [2.45, 2.75) is 6.92 Å². The van der Waals surface area contributed by atoms with Crippen LogP contribution in [0.25, 0.3) is 23.4 Å². The van der Waals surface area contributed by atoms with Gasteiger partial charge in [-0.3, -0.25) is 4.79 Å². The lowest BCUT2D eigenvalue weighted by Gasteiger charge is -1.98. The topological polar surface area (TPSA) is 42.1 Å². The summed E-state index contributed by atoms with van der Waals surface area (Å²) in [7, 11) is 1.61. The van der Waals surface area contributed by atoms with Crippen molar-refractivity contribution < 1.29 is 4.74 Å². The minimum absolute atomic E-state index is 0.104. The van der Waals surface area contributed by atoms with Gasteiger partial charge in [0, 0.05) is 10.7 Å². The van der Waals surface area contributed by atoms with Crippen LogP contribution in [0.5, 0.6) is 0 Å². The normalized spacial score (nSPS) is 13.0. The van der Waals surface area contributed by atoms with E-state index in [1.807, 2.05) is 25.1 Å². The molecule has 18 heavy (non-hydrogen) atoms. The molecule has 0 saturated heterocycles. The van der Waals surface area contributed by atoms with Crippen molar-refractivity contribution in [3.8, 4) is 0 Å². The SMILES string of the molecule is C=c1/c(=C\C=C(/C)OC)[nH]c(=O)c2ccccc12. The third-order valence-corrected chi connectivity index (χ3v) is 2.88. The molecule has 0 atom stereocenters. The lowest BCUT2D eigenvalue weighted by molar-refractivity contribution is 0.294. The lowest BCUT2D eigenvalue weighted by Crippen LogP contribution is -2.33. The van der Waals surface area contributed by atoms with Crippen molar-refractivity contribution in [3.63, 3.8) is 0 Å². The van der Waals surface area contributed by atoms with Gasteiger partial charge in [0.15, 0.2) is 0 Å². The summed E-state index contributed by atoms with van der Waals surface area (Å²) in [6, 6.07) is 7.44. The number of hydrogen-bond acceptors (Lipinski definition) is 2. The van der Waals surface area contributed by atoms with Crippen LogP contribution >= 0.6 is 0 Å². The molecule has 0 aliphatic carbocycles. The van der Waals surface area contributed by atoms with E-state index in [2.05, 4.69) is 11.6 Å². The third-order valence-electron chi connectivity index (χ3n) is 2.88. The number of aromatic nitrogens is 1. The third kappa shape index (κ3) is 2.20. The number of allylic oxidation sites excluding steroid dienone is 2. The molecule has 0 aliphatic rings. The van der Waals surface area contributed by atoms with Crippen LogP contribution in [0.1, 0.15) is 6.92 Å². The van der Waals surface area contributed by atoms with E-state index in [0.29, 0.717) is 10.7 Å². The van der Waals surface area contributed by atoms with Gasteiger partial charge >= 0.3 is 0 Å². The van der Waals surface area contributed by atoms with Crippen molar-refractivity contribution in [2.24, 2.45) is 0 Å². The van der Waals surface area contributed by atoms with Gasteiger partial charge in [0.2, 0.25) is 0 Å². The second-order valence-electron chi connectivity index (χ2n) is 4.04. The zero-order valence-corrected chi connectivity index (χ0v) is 10.5. The molecule has 3 heteroatoms. The molecule has 0 amide bonds. The van der Waals surface area contributed by atoms with Crippen molar-refractivity contribution >= 4 is 23.4 Å². The maximum Gasteiger partial charge on any atom is 0.256 e. The predicted octanol–water partition coefficient (Wildman–Crippen LogP) is 1.27. The van der Waals surface area contributed by atoms with Crippen LogP contribution in [0.3, 0.4) is 0 Å². The van der Waals surface area contributed by atoms with E-state index < -0.39 is 0 Å². The van der Waals surface area contributed by atoms with Crippen LogP contribution in [0.15, 0.2) is 40.9 Å². The zero-order chi connectivity index (χ0) is 13.1. The Kier molecular flexibility index (Phi) is 3.33. The van der Waals surface area contributed by atoms with Gasteiger partial charge in [-0.15, -0.1) is 0 Å². The summed E-state index contributed by atoms with van der Waals surface area (Å²) >= 11 is 0. The number of pyridine rings is 1. The number of H-pyrrole nitrogens is 1. The number of hydrogen-bond donors (Lipinski definition) is 1. The molecule has 1 N–H and O–H groups in total. The van der Waals surface area contributed by atoms with Gasteiger partial charge < -0.3 is 9.72 Å². The molecular formula is C15H15NO2. The van der Waals surface area contributed by atoms with Gasteiger partial charge in [0.1, 0.15) is 0 Å². The molecular weight excluding hydrogens is 226 g/mol. The standard InChI is InChI=1S/C15H15NO2/c1-10(18-3)8-9-14-11(2)12-6-4-5-7-13(12)15(17)16-14/h4-9H,2H2,1,3H3,(H,16,17)/b10-8+,14-9+. The molecule has 0 fully saturated rings. The van der Waals surface area contributed by atoms with E-state index in [1.54, 1.807) is 25.3 Å². The second-order valence-corrected chi connectivity index (χ2v) is 4.04. The molecule has 2 aromatic rings. The summed E-state index contributed by atoms with van der Waals surface area (Å²) < 4.78 is 5.05. The molecule has 3 nitrogen and oxygen atoms in total. The number of benzene rings is 1. The Morgan fingerprint density at radius 2 is 2.00 bits per heavy atom. The maximum absolute atomic E-state index is 11.9. The number of nitrogens with one attached hydrogen (secondary N) is 1. The summed E-state index contributed by atoms with van der Waals surface area (Å²) in [5.74, 6) is 0.767. The number of methoxy groups -OCH3 is 1. The first-order valence-corrected chi connectivity index (χ1v) is 5.66. The van der Waals surface area contributed by atoms with Gasteiger partial charge in [-0.25, -0.2) is 0 Å². The fourth-order valence-corrected chi connectivity index (χ4v) is 1.77. The van der Waals surface area contributed by atoms with Crippen molar-refractivity contribution in [3.05, 3.63) is 57.0 Å². The Bertz CT molecular complexity index is 769. The molecule has 0 radical (unpaired) electrons. The Morgan fingerprint density at radius 3 is 2.67 bits per heavy atom. The lowest BCUT2D eigenvalue weighted by atomic mass is 10.1. The Balaban J connectivity index is 2.80. The van der Waals surface area contributed by atoms with Crippen LogP contribution in [0.2, 0.25) is 0 Å². The zero-order valence-electron chi connectivity index (χ0n) is 10.5. The monoisotopic (exact) mass is 241 g/mol. The van der Waals surface area contributed by atoms with Crippen LogP contribution in [0, 0.1) is 0 Å². The predicted molar refractivity (Wildman–Crippen MR) is 74.6 cm³/mol. The van der Waals surface area contributed by atoms with E-state index >= 15 is 0 Å². The Morgan fingerprint density at radius 1 is 1.33 bits per heavy atom. The molecule has 0 aliphatic heterocycles. The largest absolute Gasteiger partial charge is 0.501 e. The highest BCUT2D eigenvalue weighted by molar-refractivity contribution is 5.82. The molecule has 0 unspecified atom stereocenters. The summed E-state index contributed by atoms with van der Waals surface area (Å²) in [4.78, 5) is 14.7. The molecule has 92 valence electrons. The minimum Gasteiger partial charge on any atom is -0.501 e. The Labute approximate surface area is 105 Å². The summed E-state index contributed by atoms with van der Waals surface area (Å²) in [5, 5.41) is 3.04. The number of aromatic amines is 1. The van der Waals surface area contributed by atoms with Crippen LogP contribution in [-0.2, 0) is 4.74 Å². The van der Waals surface area contributed by atoms with Gasteiger partial charge in [0.05, 0.1) is 12.9 Å². The first-order valence-electron chi connectivity index (χ1n) is 5.66. The average Bonchev–Trinajstić information content (AvgIpc) is 2.41. The number of rotatable bonds is 2. The highest BCUT2D eigenvalue weighted by Crippen LogP contribution is 2.00. The maximum atomic E-state index is 11.9. The van der Waals surface area contributed by atoms with Gasteiger partial charge in [-0.1, -0.05) is 24.8 Å². The van der Waals surface area contributed by atoms with E-state index in [4.69, 9.17) is 4.74 Å². The Hall–Kier alpha value is -2.29. The number of ether oxygens (including phenoxy) is 1. The summed E-state index contributed by atoms with van der Waals surface area (Å²) in [6.45, 7) is 5.87.